The Hall–Kier alpha value is -1.55. The largest absolute Gasteiger partial charge is 0.465 e. The van der Waals surface area contributed by atoms with Gasteiger partial charge in [-0.2, -0.15) is 0 Å². The van der Waals surface area contributed by atoms with Crippen LogP contribution in [0.5, 0.6) is 0 Å². The molecule has 0 spiro atoms. The van der Waals surface area contributed by atoms with Gasteiger partial charge in [0.15, 0.2) is 0 Å². The Kier molecular flexibility index (Phi) is 4.97. The normalized spacial score (nSPS) is 11.7. The van der Waals surface area contributed by atoms with Crippen LogP contribution in [0, 0.1) is 0 Å². The minimum absolute atomic E-state index is 0.219. The van der Waals surface area contributed by atoms with Crippen LogP contribution < -0.4 is 5.32 Å². The van der Waals surface area contributed by atoms with E-state index in [4.69, 9.17) is 11.6 Å². The van der Waals surface area contributed by atoms with Crippen molar-refractivity contribution in [1.82, 2.24) is 5.32 Å². The maximum Gasteiger partial charge on any atom is 0.337 e. The van der Waals surface area contributed by atoms with Gasteiger partial charge in [0.25, 0.3) is 0 Å². The van der Waals surface area contributed by atoms with Crippen molar-refractivity contribution in [2.24, 2.45) is 0 Å². The van der Waals surface area contributed by atoms with E-state index in [2.05, 4.69) is 10.1 Å². The first-order valence-corrected chi connectivity index (χ1v) is 5.57. The molecule has 0 aromatic heterocycles. The Morgan fingerprint density at radius 3 is 2.41 bits per heavy atom. The molecule has 1 aromatic rings. The highest BCUT2D eigenvalue weighted by Gasteiger charge is 2.08. The number of benzene rings is 1. The Morgan fingerprint density at radius 2 is 1.94 bits per heavy atom. The van der Waals surface area contributed by atoms with E-state index in [9.17, 15) is 9.59 Å². The van der Waals surface area contributed by atoms with E-state index in [-0.39, 0.29) is 11.9 Å². The number of esters is 1. The third-order valence-corrected chi connectivity index (χ3v) is 2.40. The van der Waals surface area contributed by atoms with Crippen molar-refractivity contribution in [3.05, 3.63) is 35.4 Å². The molecule has 17 heavy (non-hydrogen) atoms. The Bertz CT molecular complexity index is 401. The maximum absolute atomic E-state index is 11.2. The van der Waals surface area contributed by atoms with Gasteiger partial charge in [0.2, 0.25) is 5.91 Å². The fourth-order valence-corrected chi connectivity index (χ4v) is 1.28. The molecular formula is C12H14ClNO3. The smallest absolute Gasteiger partial charge is 0.337 e. The lowest BCUT2D eigenvalue weighted by Gasteiger charge is -2.07. The molecule has 0 bridgehead atoms. The predicted octanol–water partition coefficient (Wildman–Crippen LogP) is 1.72. The number of carbonyl (C=O) groups excluding carboxylic acids is 2. The number of rotatable bonds is 4. The van der Waals surface area contributed by atoms with E-state index >= 15 is 0 Å². The van der Waals surface area contributed by atoms with Crippen LogP contribution >= 0.6 is 11.6 Å². The molecule has 0 radical (unpaired) electrons. The Morgan fingerprint density at radius 1 is 1.35 bits per heavy atom. The zero-order chi connectivity index (χ0) is 12.8. The van der Waals surface area contributed by atoms with Crippen molar-refractivity contribution in [1.29, 1.82) is 0 Å². The van der Waals surface area contributed by atoms with Gasteiger partial charge in [-0.15, -0.1) is 11.6 Å². The fourth-order valence-electron chi connectivity index (χ4n) is 1.21. The van der Waals surface area contributed by atoms with Gasteiger partial charge >= 0.3 is 5.97 Å². The number of methoxy groups -OCH3 is 1. The van der Waals surface area contributed by atoms with Gasteiger partial charge < -0.3 is 10.1 Å². The summed E-state index contributed by atoms with van der Waals surface area (Å²) in [7, 11) is 1.33. The molecule has 1 N–H and O–H groups in total. The fraction of sp³-hybridized carbons (Fsp3) is 0.333. The molecular weight excluding hydrogens is 242 g/mol. The van der Waals surface area contributed by atoms with Crippen LogP contribution in [0.1, 0.15) is 22.8 Å². The molecule has 0 unspecified atom stereocenters. The van der Waals surface area contributed by atoms with Gasteiger partial charge in [-0.3, -0.25) is 4.79 Å². The summed E-state index contributed by atoms with van der Waals surface area (Å²) in [5, 5.41) is 2.12. The molecule has 1 atom stereocenters. The van der Waals surface area contributed by atoms with Crippen LogP contribution in [0.2, 0.25) is 0 Å². The van der Waals surface area contributed by atoms with E-state index in [1.807, 2.05) is 0 Å². The minimum Gasteiger partial charge on any atom is -0.465 e. The molecule has 0 aliphatic heterocycles. The predicted molar refractivity (Wildman–Crippen MR) is 64.9 cm³/mol. The van der Waals surface area contributed by atoms with Gasteiger partial charge in [0.05, 0.1) is 12.7 Å². The van der Waals surface area contributed by atoms with E-state index in [1.165, 1.54) is 7.11 Å². The van der Waals surface area contributed by atoms with Crippen molar-refractivity contribution >= 4 is 23.5 Å². The lowest BCUT2D eigenvalue weighted by atomic mass is 10.1. The van der Waals surface area contributed by atoms with Crippen molar-refractivity contribution in [2.45, 2.75) is 18.8 Å². The number of amides is 1. The van der Waals surface area contributed by atoms with E-state index < -0.39 is 5.38 Å². The summed E-state index contributed by atoms with van der Waals surface area (Å²) >= 11 is 5.61. The standard InChI is InChI=1S/C12H14ClNO3/c1-8(13)11(15)14-7-9-3-5-10(6-4-9)12(16)17-2/h3-6,8H,7H2,1-2H3,(H,14,15)/t8-/m0/s1. The van der Waals surface area contributed by atoms with Gasteiger partial charge in [-0.1, -0.05) is 12.1 Å². The lowest BCUT2D eigenvalue weighted by Crippen LogP contribution is -2.29. The van der Waals surface area contributed by atoms with Crippen LogP contribution in [-0.4, -0.2) is 24.4 Å². The molecule has 0 heterocycles. The van der Waals surface area contributed by atoms with Crippen LogP contribution in [0.15, 0.2) is 24.3 Å². The van der Waals surface area contributed by atoms with E-state index in [0.29, 0.717) is 12.1 Å². The summed E-state index contributed by atoms with van der Waals surface area (Å²) in [5.74, 6) is -0.598. The molecule has 0 aliphatic rings. The molecule has 92 valence electrons. The molecule has 1 aromatic carbocycles. The number of hydrogen-bond acceptors (Lipinski definition) is 3. The highest BCUT2D eigenvalue weighted by Crippen LogP contribution is 2.06. The third kappa shape index (κ3) is 4.07. The van der Waals surface area contributed by atoms with Crippen molar-refractivity contribution in [3.8, 4) is 0 Å². The maximum atomic E-state index is 11.2. The third-order valence-electron chi connectivity index (χ3n) is 2.20. The van der Waals surface area contributed by atoms with Gasteiger partial charge in [0.1, 0.15) is 5.38 Å². The molecule has 0 fully saturated rings. The average Bonchev–Trinajstić information content (AvgIpc) is 2.35. The highest BCUT2D eigenvalue weighted by molar-refractivity contribution is 6.30. The zero-order valence-electron chi connectivity index (χ0n) is 9.70. The summed E-state index contributed by atoms with van der Waals surface area (Å²) in [5.41, 5.74) is 1.37. The van der Waals surface area contributed by atoms with Crippen molar-refractivity contribution < 1.29 is 14.3 Å². The monoisotopic (exact) mass is 255 g/mol. The Labute approximate surface area is 105 Å². The first kappa shape index (κ1) is 13.5. The number of carbonyl (C=O) groups is 2. The number of halogens is 1. The molecule has 1 rings (SSSR count). The second-order valence-corrected chi connectivity index (χ2v) is 4.18. The number of nitrogens with one attached hydrogen (secondary N) is 1. The van der Waals surface area contributed by atoms with Gasteiger partial charge in [0, 0.05) is 6.54 Å². The minimum atomic E-state index is -0.552. The van der Waals surface area contributed by atoms with Crippen LogP contribution in [0.3, 0.4) is 0 Å². The van der Waals surface area contributed by atoms with Gasteiger partial charge in [-0.05, 0) is 24.6 Å². The van der Waals surface area contributed by atoms with Crippen LogP contribution in [0.25, 0.3) is 0 Å². The van der Waals surface area contributed by atoms with Crippen LogP contribution in [-0.2, 0) is 16.1 Å². The van der Waals surface area contributed by atoms with Crippen molar-refractivity contribution in [3.63, 3.8) is 0 Å². The second-order valence-electron chi connectivity index (χ2n) is 3.52. The second kappa shape index (κ2) is 6.25. The molecule has 1 amide bonds. The van der Waals surface area contributed by atoms with Gasteiger partial charge in [-0.25, -0.2) is 4.79 Å². The van der Waals surface area contributed by atoms with E-state index in [0.717, 1.165) is 5.56 Å². The van der Waals surface area contributed by atoms with E-state index in [1.54, 1.807) is 31.2 Å². The number of alkyl halides is 1. The summed E-state index contributed by atoms with van der Waals surface area (Å²) in [4.78, 5) is 22.4. The van der Waals surface area contributed by atoms with Crippen LogP contribution in [0.4, 0.5) is 0 Å². The number of hydrogen-bond donors (Lipinski definition) is 1. The first-order chi connectivity index (χ1) is 8.04. The van der Waals surface area contributed by atoms with Crippen molar-refractivity contribution in [2.75, 3.05) is 7.11 Å². The Balaban J connectivity index is 2.57. The summed E-state index contributed by atoms with van der Waals surface area (Å²) in [6.07, 6.45) is 0. The molecule has 5 heteroatoms. The summed E-state index contributed by atoms with van der Waals surface area (Å²) in [6, 6.07) is 6.81. The summed E-state index contributed by atoms with van der Waals surface area (Å²) in [6.45, 7) is 1.99. The zero-order valence-corrected chi connectivity index (χ0v) is 10.5. The topological polar surface area (TPSA) is 55.4 Å². The molecule has 0 aliphatic carbocycles. The average molecular weight is 256 g/mol. The molecule has 0 saturated heterocycles. The quantitative estimate of drug-likeness (QED) is 0.658. The number of ether oxygens (including phenoxy) is 1. The molecule has 4 nitrogen and oxygen atoms in total. The SMILES string of the molecule is COC(=O)c1ccc(CNC(=O)[C@H](C)Cl)cc1. The first-order valence-electron chi connectivity index (χ1n) is 5.13. The molecule has 0 saturated carbocycles. The summed E-state index contributed by atoms with van der Waals surface area (Å²) < 4.78 is 4.58. The lowest BCUT2D eigenvalue weighted by molar-refractivity contribution is -0.120. The highest BCUT2D eigenvalue weighted by atomic mass is 35.5.